The van der Waals surface area contributed by atoms with Gasteiger partial charge in [-0.1, -0.05) is 18.6 Å². The van der Waals surface area contributed by atoms with Gasteiger partial charge in [-0.3, -0.25) is 19.9 Å². The Morgan fingerprint density at radius 3 is 2.46 bits per heavy atom. The summed E-state index contributed by atoms with van der Waals surface area (Å²) < 4.78 is 13.4. The number of nitrogens with one attached hydrogen (secondary N) is 2. The van der Waals surface area contributed by atoms with E-state index in [1.54, 1.807) is 17.0 Å². The average Bonchev–Trinajstić information content (AvgIpc) is 3.14. The van der Waals surface area contributed by atoms with Crippen LogP contribution >= 0.6 is 0 Å². The molecule has 0 saturated carbocycles. The molecule has 4 unspecified atom stereocenters. The van der Waals surface area contributed by atoms with Crippen LogP contribution in [0.5, 0.6) is 0 Å². The van der Waals surface area contributed by atoms with Gasteiger partial charge in [-0.2, -0.15) is 0 Å². The number of carboxylic acids is 1. The number of hydrogen-bond donors (Lipinski definition) is 3. The highest BCUT2D eigenvalue weighted by Crippen LogP contribution is 2.31. The second-order valence-corrected chi connectivity index (χ2v) is 8.00. The van der Waals surface area contributed by atoms with E-state index in [0.717, 1.165) is 37.9 Å². The highest BCUT2D eigenvalue weighted by molar-refractivity contribution is 5.84. The van der Waals surface area contributed by atoms with Gasteiger partial charge < -0.3 is 10.0 Å². The number of piperidine rings is 2. The Labute approximate surface area is 163 Å². The number of fused-ring (bicyclic) bond motifs is 1. The highest BCUT2D eigenvalue weighted by Gasteiger charge is 2.45. The first-order valence-corrected chi connectivity index (χ1v) is 10.1. The molecule has 7 nitrogen and oxygen atoms in total. The molecule has 0 spiro atoms. The quantitative estimate of drug-likeness (QED) is 0.715. The molecule has 3 saturated heterocycles. The number of hydrazine groups is 1. The van der Waals surface area contributed by atoms with Crippen LogP contribution in [0.3, 0.4) is 0 Å². The van der Waals surface area contributed by atoms with E-state index in [9.17, 15) is 19.1 Å². The van der Waals surface area contributed by atoms with E-state index in [1.165, 1.54) is 12.1 Å². The van der Waals surface area contributed by atoms with Crippen LogP contribution in [0.2, 0.25) is 0 Å². The van der Waals surface area contributed by atoms with Crippen LogP contribution in [0.25, 0.3) is 0 Å². The molecule has 0 bridgehead atoms. The normalized spacial score (nSPS) is 29.3. The zero-order valence-electron chi connectivity index (χ0n) is 15.8. The fourth-order valence-corrected chi connectivity index (χ4v) is 4.75. The molecule has 4 atom stereocenters. The SMILES string of the molecule is O=C(O)C1NNC2CCN(C(=O)C(c3ccc(F)cc3)N3CCCCC3)CC21. The number of carboxylic acid groups (broad SMARTS) is 1. The van der Waals surface area contributed by atoms with Gasteiger partial charge in [0.05, 0.1) is 0 Å². The molecule has 3 N–H and O–H groups in total. The van der Waals surface area contributed by atoms with Gasteiger partial charge in [0, 0.05) is 25.0 Å². The summed E-state index contributed by atoms with van der Waals surface area (Å²) in [7, 11) is 0. The zero-order chi connectivity index (χ0) is 19.7. The zero-order valence-corrected chi connectivity index (χ0v) is 15.8. The average molecular weight is 390 g/mol. The monoisotopic (exact) mass is 390 g/mol. The minimum Gasteiger partial charge on any atom is -0.480 e. The van der Waals surface area contributed by atoms with E-state index in [4.69, 9.17) is 0 Å². The maximum Gasteiger partial charge on any atom is 0.322 e. The summed E-state index contributed by atoms with van der Waals surface area (Å²) in [5, 5.41) is 9.44. The second-order valence-electron chi connectivity index (χ2n) is 8.00. The number of hydrogen-bond acceptors (Lipinski definition) is 5. The van der Waals surface area contributed by atoms with E-state index >= 15 is 0 Å². The van der Waals surface area contributed by atoms with Crippen molar-refractivity contribution in [1.82, 2.24) is 20.7 Å². The number of carbonyl (C=O) groups is 2. The van der Waals surface area contributed by atoms with Crippen LogP contribution in [0.15, 0.2) is 24.3 Å². The first kappa shape index (κ1) is 19.3. The van der Waals surface area contributed by atoms with Gasteiger partial charge >= 0.3 is 5.97 Å². The Bertz CT molecular complexity index is 723. The molecule has 0 aromatic heterocycles. The maximum absolute atomic E-state index is 13.6. The van der Waals surface area contributed by atoms with Crippen molar-refractivity contribution in [2.75, 3.05) is 26.2 Å². The van der Waals surface area contributed by atoms with Crippen LogP contribution in [0.1, 0.15) is 37.3 Å². The van der Waals surface area contributed by atoms with Gasteiger partial charge in [0.1, 0.15) is 17.9 Å². The highest BCUT2D eigenvalue weighted by atomic mass is 19.1. The molecular weight excluding hydrogens is 363 g/mol. The Hall–Kier alpha value is -2.03. The number of carbonyl (C=O) groups excluding carboxylic acids is 1. The molecule has 152 valence electrons. The number of amides is 1. The summed E-state index contributed by atoms with van der Waals surface area (Å²) in [5.41, 5.74) is 6.71. The fourth-order valence-electron chi connectivity index (χ4n) is 4.75. The lowest BCUT2D eigenvalue weighted by Crippen LogP contribution is -2.53. The van der Waals surface area contributed by atoms with Crippen molar-refractivity contribution in [2.24, 2.45) is 5.92 Å². The second kappa shape index (κ2) is 8.14. The Balaban J connectivity index is 1.56. The van der Waals surface area contributed by atoms with Crippen LogP contribution in [0.4, 0.5) is 4.39 Å². The number of likely N-dealkylation sites (tertiary alicyclic amines) is 2. The Kier molecular flexibility index (Phi) is 5.61. The smallest absolute Gasteiger partial charge is 0.322 e. The van der Waals surface area contributed by atoms with E-state index in [0.29, 0.717) is 19.5 Å². The first-order chi connectivity index (χ1) is 13.5. The van der Waals surface area contributed by atoms with Crippen molar-refractivity contribution in [1.29, 1.82) is 0 Å². The van der Waals surface area contributed by atoms with Crippen LogP contribution in [-0.2, 0) is 9.59 Å². The number of benzene rings is 1. The van der Waals surface area contributed by atoms with Gasteiger partial charge in [-0.05, 0) is 50.0 Å². The van der Waals surface area contributed by atoms with Crippen molar-refractivity contribution in [2.45, 2.75) is 43.8 Å². The standard InChI is InChI=1S/C20H27FN4O3/c21-14-6-4-13(5-7-14)18(24-9-2-1-3-10-24)19(26)25-11-8-16-15(12-25)17(20(27)28)23-22-16/h4-7,15-18,22-23H,1-3,8-12H2,(H,27,28). The van der Waals surface area contributed by atoms with E-state index in [1.807, 2.05) is 0 Å². The third-order valence-electron chi connectivity index (χ3n) is 6.26. The van der Waals surface area contributed by atoms with Crippen molar-refractivity contribution < 1.29 is 19.1 Å². The number of nitrogens with zero attached hydrogens (tertiary/aromatic N) is 2. The molecule has 0 aliphatic carbocycles. The number of halogens is 1. The molecule has 3 heterocycles. The topological polar surface area (TPSA) is 84.9 Å². The van der Waals surface area contributed by atoms with Crippen LogP contribution in [-0.4, -0.2) is 65.0 Å². The van der Waals surface area contributed by atoms with Crippen LogP contribution < -0.4 is 10.9 Å². The van der Waals surface area contributed by atoms with E-state index < -0.39 is 18.1 Å². The maximum atomic E-state index is 13.6. The largest absolute Gasteiger partial charge is 0.480 e. The molecule has 8 heteroatoms. The van der Waals surface area contributed by atoms with Gasteiger partial charge in [-0.15, -0.1) is 0 Å². The summed E-state index contributed by atoms with van der Waals surface area (Å²) in [5.74, 6) is -1.39. The third kappa shape index (κ3) is 3.76. The lowest BCUT2D eigenvalue weighted by atomic mass is 9.87. The molecule has 3 fully saturated rings. The number of rotatable bonds is 4. The fraction of sp³-hybridized carbons (Fsp3) is 0.600. The predicted molar refractivity (Wildman–Crippen MR) is 101 cm³/mol. The number of aliphatic carboxylic acids is 1. The van der Waals surface area contributed by atoms with Crippen molar-refractivity contribution in [3.8, 4) is 0 Å². The summed E-state index contributed by atoms with van der Waals surface area (Å²) in [6, 6.07) is 5.11. The molecule has 1 amide bonds. The molecule has 1 aromatic rings. The van der Waals surface area contributed by atoms with Gasteiger partial charge in [0.15, 0.2) is 0 Å². The summed E-state index contributed by atoms with van der Waals surface area (Å²) >= 11 is 0. The van der Waals surface area contributed by atoms with Crippen molar-refractivity contribution in [3.05, 3.63) is 35.6 Å². The summed E-state index contributed by atoms with van der Waals surface area (Å²) in [6.45, 7) is 2.68. The summed E-state index contributed by atoms with van der Waals surface area (Å²) in [6.07, 6.45) is 3.96. The van der Waals surface area contributed by atoms with Crippen molar-refractivity contribution >= 4 is 11.9 Å². The first-order valence-electron chi connectivity index (χ1n) is 10.1. The lowest BCUT2D eigenvalue weighted by Gasteiger charge is -2.40. The van der Waals surface area contributed by atoms with Gasteiger partial charge in [0.25, 0.3) is 0 Å². The van der Waals surface area contributed by atoms with Crippen molar-refractivity contribution in [3.63, 3.8) is 0 Å². The predicted octanol–water partition coefficient (Wildman–Crippen LogP) is 1.13. The Morgan fingerprint density at radius 1 is 1.07 bits per heavy atom. The van der Waals surface area contributed by atoms with Gasteiger partial charge in [0.2, 0.25) is 5.91 Å². The van der Waals surface area contributed by atoms with E-state index in [2.05, 4.69) is 15.8 Å². The molecule has 1 aromatic carbocycles. The molecule has 4 rings (SSSR count). The van der Waals surface area contributed by atoms with Gasteiger partial charge in [-0.25, -0.2) is 9.82 Å². The molecule has 3 aliphatic rings. The molecular formula is C20H27FN4O3. The lowest BCUT2D eigenvalue weighted by molar-refractivity contribution is -0.144. The molecule has 0 radical (unpaired) electrons. The Morgan fingerprint density at radius 2 is 1.79 bits per heavy atom. The third-order valence-corrected chi connectivity index (χ3v) is 6.26. The molecule has 28 heavy (non-hydrogen) atoms. The van der Waals surface area contributed by atoms with E-state index in [-0.39, 0.29) is 23.7 Å². The minimum atomic E-state index is -0.902. The van der Waals surface area contributed by atoms with Crippen LogP contribution in [0, 0.1) is 11.7 Å². The summed E-state index contributed by atoms with van der Waals surface area (Å²) in [4.78, 5) is 29.1. The minimum absolute atomic E-state index is 0.0111. The molecule has 3 aliphatic heterocycles.